The Morgan fingerprint density at radius 2 is 2.00 bits per heavy atom. The zero-order chi connectivity index (χ0) is 14.4. The maximum Gasteiger partial charge on any atom is 0.335 e. The van der Waals surface area contributed by atoms with E-state index in [-0.39, 0.29) is 24.2 Å². The average molecular weight is 268 g/mol. The van der Waals surface area contributed by atoms with Crippen molar-refractivity contribution in [1.82, 2.24) is 0 Å². The number of hydrogen-bond acceptors (Lipinski definition) is 5. The van der Waals surface area contributed by atoms with Crippen LogP contribution in [0.2, 0.25) is 0 Å². The third-order valence-electron chi connectivity index (χ3n) is 2.52. The first-order chi connectivity index (χ1) is 8.95. The summed E-state index contributed by atoms with van der Waals surface area (Å²) in [7, 11) is 0. The van der Waals surface area contributed by atoms with Gasteiger partial charge in [0.05, 0.1) is 24.7 Å². The van der Waals surface area contributed by atoms with Gasteiger partial charge in [-0.15, -0.1) is 0 Å². The summed E-state index contributed by atoms with van der Waals surface area (Å²) < 4.78 is 4.66. The maximum atomic E-state index is 11.2. The number of ether oxygens (including phenoxy) is 1. The molecule has 2 unspecified atom stereocenters. The van der Waals surface area contributed by atoms with Crippen molar-refractivity contribution in [3.8, 4) is 0 Å². The molecule has 3 N–H and O–H groups in total. The van der Waals surface area contributed by atoms with E-state index in [9.17, 15) is 19.8 Å². The van der Waals surface area contributed by atoms with Crippen molar-refractivity contribution in [1.29, 1.82) is 0 Å². The number of carboxylic acid groups (broad SMARTS) is 1. The van der Waals surface area contributed by atoms with E-state index in [2.05, 4.69) is 4.74 Å². The Bertz CT molecular complexity index is 456. The van der Waals surface area contributed by atoms with Crippen molar-refractivity contribution in [2.24, 2.45) is 0 Å². The molecule has 1 aromatic rings. The number of carbonyl (C=O) groups is 2. The van der Waals surface area contributed by atoms with Crippen molar-refractivity contribution in [2.45, 2.75) is 25.6 Å². The number of aliphatic hydroxyl groups excluding tert-OH is 2. The molecule has 6 heteroatoms. The van der Waals surface area contributed by atoms with Crippen LogP contribution < -0.4 is 0 Å². The molecule has 6 nitrogen and oxygen atoms in total. The highest BCUT2D eigenvalue weighted by atomic mass is 16.5. The van der Waals surface area contributed by atoms with Crippen LogP contribution in [0.15, 0.2) is 24.3 Å². The van der Waals surface area contributed by atoms with E-state index in [1.165, 1.54) is 24.3 Å². The second-order valence-electron chi connectivity index (χ2n) is 3.95. The molecule has 0 bridgehead atoms. The lowest BCUT2D eigenvalue weighted by Gasteiger charge is -2.17. The van der Waals surface area contributed by atoms with Gasteiger partial charge in [-0.3, -0.25) is 4.79 Å². The van der Waals surface area contributed by atoms with Gasteiger partial charge in [-0.25, -0.2) is 4.79 Å². The Morgan fingerprint density at radius 3 is 2.58 bits per heavy atom. The van der Waals surface area contributed by atoms with Gasteiger partial charge in [0.2, 0.25) is 0 Å². The summed E-state index contributed by atoms with van der Waals surface area (Å²) in [5.74, 6) is -1.75. The Balaban J connectivity index is 2.76. The summed E-state index contributed by atoms with van der Waals surface area (Å²) in [6.45, 7) is 1.83. The molecule has 0 fully saturated rings. The molecule has 0 saturated carbocycles. The summed E-state index contributed by atoms with van der Waals surface area (Å²) >= 11 is 0. The zero-order valence-electron chi connectivity index (χ0n) is 10.4. The molecule has 0 radical (unpaired) electrons. The molecule has 19 heavy (non-hydrogen) atoms. The van der Waals surface area contributed by atoms with Crippen molar-refractivity contribution < 1.29 is 29.6 Å². The number of hydrogen-bond donors (Lipinski definition) is 3. The van der Waals surface area contributed by atoms with Gasteiger partial charge >= 0.3 is 11.9 Å². The van der Waals surface area contributed by atoms with Gasteiger partial charge in [0, 0.05) is 0 Å². The summed E-state index contributed by atoms with van der Waals surface area (Å²) in [6.07, 6.45) is -3.04. The average Bonchev–Trinajstić information content (AvgIpc) is 2.38. The van der Waals surface area contributed by atoms with Crippen LogP contribution in [-0.4, -0.2) is 40.0 Å². The van der Waals surface area contributed by atoms with E-state index < -0.39 is 24.1 Å². The highest BCUT2D eigenvalue weighted by Gasteiger charge is 2.22. The second kappa shape index (κ2) is 6.86. The van der Waals surface area contributed by atoms with Crippen molar-refractivity contribution >= 4 is 11.9 Å². The van der Waals surface area contributed by atoms with Crippen LogP contribution in [0.3, 0.4) is 0 Å². The Hall–Kier alpha value is -1.92. The molecular weight excluding hydrogens is 252 g/mol. The third kappa shape index (κ3) is 4.35. The minimum atomic E-state index is -1.34. The highest BCUT2D eigenvalue weighted by Crippen LogP contribution is 2.20. The summed E-state index contributed by atoms with van der Waals surface area (Å²) in [4.78, 5) is 22.0. The number of esters is 1. The number of aliphatic hydroxyl groups is 2. The standard InChI is InChI=1S/C13H16O6/c1-2-19-11(15)7-10(14)12(16)8-4-3-5-9(6-8)13(17)18/h3-6,10,12,14,16H,2,7H2,1H3,(H,17,18). The SMILES string of the molecule is CCOC(=O)CC(O)C(O)c1cccc(C(=O)O)c1. The molecule has 1 rings (SSSR count). The first kappa shape index (κ1) is 15.1. The van der Waals surface area contributed by atoms with Crippen LogP contribution in [0, 0.1) is 0 Å². The van der Waals surface area contributed by atoms with Crippen LogP contribution in [0.25, 0.3) is 0 Å². The normalized spacial score (nSPS) is 13.6. The molecule has 0 aliphatic heterocycles. The molecule has 1 aromatic carbocycles. The van der Waals surface area contributed by atoms with Gasteiger partial charge in [0.1, 0.15) is 6.10 Å². The molecule has 0 aliphatic carbocycles. The van der Waals surface area contributed by atoms with E-state index in [0.717, 1.165) is 0 Å². The quantitative estimate of drug-likeness (QED) is 0.657. The molecule has 0 amide bonds. The molecule has 0 aliphatic rings. The van der Waals surface area contributed by atoms with Crippen molar-refractivity contribution in [3.05, 3.63) is 35.4 Å². The van der Waals surface area contributed by atoms with E-state index in [4.69, 9.17) is 5.11 Å². The Morgan fingerprint density at radius 1 is 1.32 bits per heavy atom. The van der Waals surface area contributed by atoms with Crippen LogP contribution in [-0.2, 0) is 9.53 Å². The Labute approximate surface area is 110 Å². The van der Waals surface area contributed by atoms with Crippen LogP contribution in [0.4, 0.5) is 0 Å². The number of rotatable bonds is 6. The van der Waals surface area contributed by atoms with E-state index >= 15 is 0 Å². The van der Waals surface area contributed by atoms with Gasteiger partial charge in [0.15, 0.2) is 0 Å². The molecular formula is C13H16O6. The fourth-order valence-electron chi connectivity index (χ4n) is 1.58. The highest BCUT2D eigenvalue weighted by molar-refractivity contribution is 5.87. The number of benzene rings is 1. The fraction of sp³-hybridized carbons (Fsp3) is 0.385. The lowest BCUT2D eigenvalue weighted by molar-refractivity contribution is -0.147. The third-order valence-corrected chi connectivity index (χ3v) is 2.52. The van der Waals surface area contributed by atoms with Gasteiger partial charge in [-0.05, 0) is 24.6 Å². The number of carbonyl (C=O) groups excluding carboxylic acids is 1. The van der Waals surface area contributed by atoms with Gasteiger partial charge < -0.3 is 20.1 Å². The van der Waals surface area contributed by atoms with Gasteiger partial charge in [-0.2, -0.15) is 0 Å². The smallest absolute Gasteiger partial charge is 0.335 e. The monoisotopic (exact) mass is 268 g/mol. The van der Waals surface area contributed by atoms with E-state index in [1.807, 2.05) is 0 Å². The summed E-state index contributed by atoms with van der Waals surface area (Å²) in [5.41, 5.74) is 0.233. The minimum absolute atomic E-state index is 0.000107. The number of aromatic carboxylic acids is 1. The van der Waals surface area contributed by atoms with Crippen LogP contribution >= 0.6 is 0 Å². The largest absolute Gasteiger partial charge is 0.478 e. The second-order valence-corrected chi connectivity index (χ2v) is 3.95. The maximum absolute atomic E-state index is 11.2. The predicted molar refractivity (Wildman–Crippen MR) is 65.6 cm³/mol. The topological polar surface area (TPSA) is 104 Å². The van der Waals surface area contributed by atoms with Gasteiger partial charge in [0.25, 0.3) is 0 Å². The molecule has 0 saturated heterocycles. The summed E-state index contributed by atoms with van der Waals surface area (Å²) in [6, 6.07) is 5.56. The molecule has 2 atom stereocenters. The first-order valence-corrected chi connectivity index (χ1v) is 5.80. The fourth-order valence-corrected chi connectivity index (χ4v) is 1.58. The van der Waals surface area contributed by atoms with E-state index in [1.54, 1.807) is 6.92 Å². The molecule has 0 spiro atoms. The minimum Gasteiger partial charge on any atom is -0.478 e. The van der Waals surface area contributed by atoms with Crippen LogP contribution in [0.1, 0.15) is 35.4 Å². The predicted octanol–water partition coefficient (Wildman–Crippen LogP) is 0.732. The Kier molecular flexibility index (Phi) is 5.47. The molecule has 104 valence electrons. The van der Waals surface area contributed by atoms with Gasteiger partial charge in [-0.1, -0.05) is 12.1 Å². The lowest BCUT2D eigenvalue weighted by Crippen LogP contribution is -2.23. The lowest BCUT2D eigenvalue weighted by atomic mass is 10.0. The molecule has 0 aromatic heterocycles. The van der Waals surface area contributed by atoms with Crippen molar-refractivity contribution in [2.75, 3.05) is 6.61 Å². The first-order valence-electron chi connectivity index (χ1n) is 5.80. The summed E-state index contributed by atoms with van der Waals surface area (Å²) in [5, 5.41) is 28.4. The van der Waals surface area contributed by atoms with Crippen molar-refractivity contribution in [3.63, 3.8) is 0 Å². The van der Waals surface area contributed by atoms with E-state index in [0.29, 0.717) is 0 Å². The van der Waals surface area contributed by atoms with Crippen LogP contribution in [0.5, 0.6) is 0 Å². The molecule has 0 heterocycles. The zero-order valence-corrected chi connectivity index (χ0v) is 10.4. The number of carboxylic acids is 1.